The van der Waals surface area contributed by atoms with Crippen LogP contribution in [0.25, 0.3) is 0 Å². The first-order chi connectivity index (χ1) is 11.6. The maximum Gasteiger partial charge on any atom is 0.407 e. The van der Waals surface area contributed by atoms with E-state index in [2.05, 4.69) is 10.6 Å². The molecular formula is C18H17FN2O3. The van der Waals surface area contributed by atoms with Crippen LogP contribution in [-0.2, 0) is 16.1 Å². The van der Waals surface area contributed by atoms with Crippen molar-refractivity contribution in [3.63, 3.8) is 0 Å². The molecule has 0 radical (unpaired) electrons. The Bertz CT molecular complexity index is 736. The van der Waals surface area contributed by atoms with Gasteiger partial charge < -0.3 is 15.4 Å². The summed E-state index contributed by atoms with van der Waals surface area (Å²) in [6.45, 7) is 0.144. The lowest BCUT2D eigenvalue weighted by molar-refractivity contribution is -0.119. The zero-order valence-electron chi connectivity index (χ0n) is 12.9. The highest BCUT2D eigenvalue weighted by Crippen LogP contribution is 2.25. The molecule has 0 unspecified atom stereocenters. The highest BCUT2D eigenvalue weighted by atomic mass is 19.1. The van der Waals surface area contributed by atoms with E-state index in [-0.39, 0.29) is 24.8 Å². The Kier molecular flexibility index (Phi) is 4.74. The van der Waals surface area contributed by atoms with Crippen molar-refractivity contribution in [2.75, 3.05) is 0 Å². The summed E-state index contributed by atoms with van der Waals surface area (Å²) in [7, 11) is 0. The Morgan fingerprint density at radius 2 is 2.00 bits per heavy atom. The van der Waals surface area contributed by atoms with Crippen LogP contribution in [0.1, 0.15) is 23.6 Å². The summed E-state index contributed by atoms with van der Waals surface area (Å²) in [4.78, 5) is 23.7. The maximum absolute atomic E-state index is 13.4. The molecule has 1 aliphatic rings. The van der Waals surface area contributed by atoms with Gasteiger partial charge >= 0.3 is 6.09 Å². The zero-order valence-corrected chi connectivity index (χ0v) is 12.9. The molecule has 1 aliphatic heterocycles. The number of ether oxygens (including phenoxy) is 1. The SMILES string of the molecule is O=C1C[C@@H](NC(=O)OCc2ccccc2)[C@H](c2cccc(F)c2)N1. The fraction of sp³-hybridized carbons (Fsp3) is 0.222. The lowest BCUT2D eigenvalue weighted by Crippen LogP contribution is -2.38. The predicted molar refractivity (Wildman–Crippen MR) is 85.5 cm³/mol. The van der Waals surface area contributed by atoms with Crippen LogP contribution in [0.2, 0.25) is 0 Å². The van der Waals surface area contributed by atoms with E-state index in [1.165, 1.54) is 12.1 Å². The van der Waals surface area contributed by atoms with Crippen molar-refractivity contribution in [1.82, 2.24) is 10.6 Å². The van der Waals surface area contributed by atoms with E-state index >= 15 is 0 Å². The van der Waals surface area contributed by atoms with Gasteiger partial charge in [-0.25, -0.2) is 9.18 Å². The predicted octanol–water partition coefficient (Wildman–Crippen LogP) is 2.68. The topological polar surface area (TPSA) is 67.4 Å². The van der Waals surface area contributed by atoms with Gasteiger partial charge in [-0.15, -0.1) is 0 Å². The summed E-state index contributed by atoms with van der Waals surface area (Å²) in [5, 5.41) is 5.43. The highest BCUT2D eigenvalue weighted by molar-refractivity contribution is 5.81. The quantitative estimate of drug-likeness (QED) is 0.907. The summed E-state index contributed by atoms with van der Waals surface area (Å²) < 4.78 is 18.6. The monoisotopic (exact) mass is 328 g/mol. The van der Waals surface area contributed by atoms with Crippen LogP contribution < -0.4 is 10.6 Å². The number of halogens is 1. The lowest BCUT2D eigenvalue weighted by Gasteiger charge is -2.20. The minimum absolute atomic E-state index is 0.127. The average molecular weight is 328 g/mol. The third kappa shape index (κ3) is 3.90. The van der Waals surface area contributed by atoms with Crippen LogP contribution in [0.15, 0.2) is 54.6 Å². The van der Waals surface area contributed by atoms with E-state index in [4.69, 9.17) is 4.74 Å². The summed E-state index contributed by atoms with van der Waals surface area (Å²) >= 11 is 0. The van der Waals surface area contributed by atoms with Gasteiger partial charge in [0, 0.05) is 6.42 Å². The Balaban J connectivity index is 1.62. The van der Waals surface area contributed by atoms with E-state index in [0.29, 0.717) is 5.56 Å². The van der Waals surface area contributed by atoms with E-state index in [1.807, 2.05) is 30.3 Å². The molecule has 0 bridgehead atoms. The summed E-state index contributed by atoms with van der Waals surface area (Å²) in [5.41, 5.74) is 1.48. The van der Waals surface area contributed by atoms with Gasteiger partial charge in [-0.05, 0) is 23.3 Å². The van der Waals surface area contributed by atoms with E-state index < -0.39 is 18.2 Å². The van der Waals surface area contributed by atoms with Gasteiger partial charge in [-0.3, -0.25) is 4.79 Å². The minimum Gasteiger partial charge on any atom is -0.445 e. The van der Waals surface area contributed by atoms with Gasteiger partial charge in [0.2, 0.25) is 5.91 Å². The molecule has 0 aliphatic carbocycles. The standard InChI is InChI=1S/C18H17FN2O3/c19-14-8-4-7-13(9-14)17-15(10-16(22)21-17)20-18(23)24-11-12-5-2-1-3-6-12/h1-9,15,17H,10-11H2,(H,20,23)(H,21,22)/t15-,17+/m1/s1. The fourth-order valence-corrected chi connectivity index (χ4v) is 2.72. The van der Waals surface area contributed by atoms with E-state index in [1.54, 1.807) is 12.1 Å². The second-order valence-corrected chi connectivity index (χ2v) is 5.62. The Morgan fingerprint density at radius 1 is 1.21 bits per heavy atom. The van der Waals surface area contributed by atoms with Crippen LogP contribution in [0.3, 0.4) is 0 Å². The number of rotatable bonds is 4. The zero-order chi connectivity index (χ0) is 16.9. The number of hydrogen-bond acceptors (Lipinski definition) is 3. The van der Waals surface area contributed by atoms with Crippen molar-refractivity contribution < 1.29 is 18.7 Å². The van der Waals surface area contributed by atoms with Crippen molar-refractivity contribution in [2.24, 2.45) is 0 Å². The number of carbonyl (C=O) groups excluding carboxylic acids is 2. The lowest BCUT2D eigenvalue weighted by atomic mass is 10.0. The van der Waals surface area contributed by atoms with Crippen LogP contribution in [0.4, 0.5) is 9.18 Å². The van der Waals surface area contributed by atoms with Gasteiger partial charge in [0.1, 0.15) is 12.4 Å². The van der Waals surface area contributed by atoms with Gasteiger partial charge in [0.15, 0.2) is 0 Å². The van der Waals surface area contributed by atoms with Crippen molar-refractivity contribution in [2.45, 2.75) is 25.1 Å². The van der Waals surface area contributed by atoms with E-state index in [9.17, 15) is 14.0 Å². The van der Waals surface area contributed by atoms with Crippen molar-refractivity contribution >= 4 is 12.0 Å². The number of carbonyl (C=O) groups is 2. The summed E-state index contributed by atoms with van der Waals surface area (Å²) in [5.74, 6) is -0.586. The van der Waals surface area contributed by atoms with Crippen molar-refractivity contribution in [1.29, 1.82) is 0 Å². The number of hydrogen-bond donors (Lipinski definition) is 2. The normalized spacial score (nSPS) is 19.6. The maximum atomic E-state index is 13.4. The van der Waals surface area contributed by atoms with E-state index in [0.717, 1.165) is 5.56 Å². The van der Waals surface area contributed by atoms with Gasteiger partial charge in [-0.1, -0.05) is 42.5 Å². The molecule has 24 heavy (non-hydrogen) atoms. The van der Waals surface area contributed by atoms with Crippen LogP contribution in [0, 0.1) is 5.82 Å². The largest absolute Gasteiger partial charge is 0.445 e. The molecular weight excluding hydrogens is 311 g/mol. The molecule has 0 aromatic heterocycles. The van der Waals surface area contributed by atoms with Crippen LogP contribution in [-0.4, -0.2) is 18.0 Å². The highest BCUT2D eigenvalue weighted by Gasteiger charge is 2.35. The second kappa shape index (κ2) is 7.12. The van der Waals surface area contributed by atoms with Crippen molar-refractivity contribution in [3.8, 4) is 0 Å². The smallest absolute Gasteiger partial charge is 0.407 e. The molecule has 1 fully saturated rings. The molecule has 2 aromatic rings. The third-order valence-electron chi connectivity index (χ3n) is 3.85. The number of alkyl carbamates (subject to hydrolysis) is 1. The first-order valence-electron chi connectivity index (χ1n) is 7.64. The van der Waals surface area contributed by atoms with Gasteiger partial charge in [0.25, 0.3) is 0 Å². The summed E-state index contributed by atoms with van der Waals surface area (Å²) in [6.07, 6.45) is -0.483. The molecule has 2 amide bonds. The number of amides is 2. The number of nitrogens with one attached hydrogen (secondary N) is 2. The molecule has 2 N–H and O–H groups in total. The molecule has 1 heterocycles. The molecule has 3 rings (SSSR count). The molecule has 6 heteroatoms. The second-order valence-electron chi connectivity index (χ2n) is 5.62. The molecule has 2 aromatic carbocycles. The molecule has 2 atom stereocenters. The molecule has 0 spiro atoms. The molecule has 1 saturated heterocycles. The Labute approximate surface area is 138 Å². The fourth-order valence-electron chi connectivity index (χ4n) is 2.72. The third-order valence-corrected chi connectivity index (χ3v) is 3.85. The van der Waals surface area contributed by atoms with Crippen molar-refractivity contribution in [3.05, 3.63) is 71.5 Å². The Hall–Kier alpha value is -2.89. The average Bonchev–Trinajstić information content (AvgIpc) is 2.94. The first-order valence-corrected chi connectivity index (χ1v) is 7.64. The van der Waals surface area contributed by atoms with Crippen LogP contribution in [0.5, 0.6) is 0 Å². The van der Waals surface area contributed by atoms with Gasteiger partial charge in [-0.2, -0.15) is 0 Å². The molecule has 0 saturated carbocycles. The molecule has 5 nitrogen and oxygen atoms in total. The number of benzene rings is 2. The minimum atomic E-state index is -0.609. The van der Waals surface area contributed by atoms with Crippen LogP contribution >= 0.6 is 0 Å². The first kappa shape index (κ1) is 16.0. The summed E-state index contributed by atoms with van der Waals surface area (Å²) in [6, 6.07) is 14.3. The molecule has 124 valence electrons. The Morgan fingerprint density at radius 3 is 2.75 bits per heavy atom. The van der Waals surface area contributed by atoms with Gasteiger partial charge in [0.05, 0.1) is 12.1 Å².